The maximum Gasteiger partial charge on any atom is 0.222 e. The third kappa shape index (κ3) is 3.27. The van der Waals surface area contributed by atoms with Gasteiger partial charge in [-0.25, -0.2) is 4.98 Å². The zero-order chi connectivity index (χ0) is 14.7. The Labute approximate surface area is 128 Å². The van der Waals surface area contributed by atoms with Gasteiger partial charge in [0.1, 0.15) is 11.6 Å². The molecule has 1 aliphatic heterocycles. The third-order valence-electron chi connectivity index (χ3n) is 3.34. The number of nitrogens with zero attached hydrogens (tertiary/aromatic N) is 2. The first-order chi connectivity index (χ1) is 9.52. The minimum Gasteiger partial charge on any atom is -0.369 e. The van der Waals surface area contributed by atoms with Gasteiger partial charge in [-0.1, -0.05) is 30.1 Å². The number of pyridine rings is 1. The average molecular weight is 317 g/mol. The monoisotopic (exact) mass is 316 g/mol. The molecule has 3 N–H and O–H groups in total. The van der Waals surface area contributed by atoms with Crippen LogP contribution in [0, 0.1) is 5.92 Å². The number of nitrogens with one attached hydrogen (secondary N) is 1. The highest BCUT2D eigenvalue weighted by molar-refractivity contribution is 6.37. The second kappa shape index (κ2) is 6.50. The topological polar surface area (TPSA) is 71.2 Å². The van der Waals surface area contributed by atoms with E-state index in [0.29, 0.717) is 28.2 Å². The van der Waals surface area contributed by atoms with Crippen LogP contribution in [0.1, 0.15) is 19.8 Å². The first-order valence-corrected chi connectivity index (χ1v) is 7.42. The van der Waals surface area contributed by atoms with Gasteiger partial charge in [0.15, 0.2) is 0 Å². The first-order valence-electron chi connectivity index (χ1n) is 6.67. The fourth-order valence-corrected chi connectivity index (χ4v) is 2.78. The second-order valence-electron chi connectivity index (χ2n) is 4.88. The van der Waals surface area contributed by atoms with Crippen LogP contribution in [0.4, 0.5) is 11.6 Å². The Morgan fingerprint density at radius 1 is 1.55 bits per heavy atom. The minimum absolute atomic E-state index is 0.143. The van der Waals surface area contributed by atoms with Crippen LogP contribution in [0.5, 0.6) is 0 Å². The highest BCUT2D eigenvalue weighted by atomic mass is 35.5. The molecule has 0 bridgehead atoms. The van der Waals surface area contributed by atoms with Crippen LogP contribution in [-0.2, 0) is 4.79 Å². The predicted molar refractivity (Wildman–Crippen MR) is 82.6 cm³/mol. The number of halogens is 2. The summed E-state index contributed by atoms with van der Waals surface area (Å²) in [5.74, 6) is 0.853. The van der Waals surface area contributed by atoms with E-state index in [1.54, 1.807) is 6.07 Å². The van der Waals surface area contributed by atoms with Gasteiger partial charge in [-0.3, -0.25) is 4.79 Å². The van der Waals surface area contributed by atoms with Crippen molar-refractivity contribution >= 4 is 40.7 Å². The number of hydrogen-bond donors (Lipinski definition) is 2. The lowest BCUT2D eigenvalue weighted by Gasteiger charge is -2.20. The van der Waals surface area contributed by atoms with Crippen molar-refractivity contribution < 1.29 is 4.79 Å². The molecule has 1 aliphatic rings. The largest absolute Gasteiger partial charge is 0.369 e. The molecule has 5 nitrogen and oxygen atoms in total. The normalized spacial score (nSPS) is 18.4. The van der Waals surface area contributed by atoms with Crippen molar-refractivity contribution in [3.05, 3.63) is 16.1 Å². The Morgan fingerprint density at radius 3 is 2.90 bits per heavy atom. The van der Waals surface area contributed by atoms with Crippen LogP contribution in [0.3, 0.4) is 0 Å². The van der Waals surface area contributed by atoms with Crippen molar-refractivity contribution in [2.24, 2.45) is 11.7 Å². The van der Waals surface area contributed by atoms with E-state index in [9.17, 15) is 4.79 Å². The van der Waals surface area contributed by atoms with E-state index >= 15 is 0 Å². The molecule has 1 saturated heterocycles. The van der Waals surface area contributed by atoms with Crippen molar-refractivity contribution in [3.8, 4) is 0 Å². The van der Waals surface area contributed by atoms with Crippen LogP contribution in [0.15, 0.2) is 6.07 Å². The quantitative estimate of drug-likeness (QED) is 0.875. The molecule has 1 aromatic rings. The highest BCUT2D eigenvalue weighted by Crippen LogP contribution is 2.34. The van der Waals surface area contributed by atoms with Gasteiger partial charge < -0.3 is 16.0 Å². The number of carbonyl (C=O) groups is 1. The Hall–Kier alpha value is -1.20. The molecule has 2 heterocycles. The van der Waals surface area contributed by atoms with Gasteiger partial charge >= 0.3 is 0 Å². The van der Waals surface area contributed by atoms with E-state index in [1.165, 1.54) is 0 Å². The lowest BCUT2D eigenvalue weighted by atomic mass is 10.1. The van der Waals surface area contributed by atoms with Gasteiger partial charge in [-0.05, 0) is 18.9 Å². The minimum atomic E-state index is -0.276. The lowest BCUT2D eigenvalue weighted by Crippen LogP contribution is -2.28. The van der Waals surface area contributed by atoms with E-state index < -0.39 is 0 Å². The molecule has 1 aromatic heterocycles. The molecule has 1 fully saturated rings. The molecular formula is C13H18Cl2N4O. The SMILES string of the molecule is CCCNc1nc(N2CCC(C(N)=O)C2)c(Cl)cc1Cl. The smallest absolute Gasteiger partial charge is 0.222 e. The molecule has 20 heavy (non-hydrogen) atoms. The Balaban J connectivity index is 2.21. The summed E-state index contributed by atoms with van der Waals surface area (Å²) < 4.78 is 0. The van der Waals surface area contributed by atoms with Crippen molar-refractivity contribution in [1.29, 1.82) is 0 Å². The molecule has 1 amide bonds. The highest BCUT2D eigenvalue weighted by Gasteiger charge is 2.29. The summed E-state index contributed by atoms with van der Waals surface area (Å²) in [6.45, 7) is 4.12. The summed E-state index contributed by atoms with van der Waals surface area (Å²) in [4.78, 5) is 17.7. The number of primary amides is 1. The van der Waals surface area contributed by atoms with E-state index in [-0.39, 0.29) is 11.8 Å². The van der Waals surface area contributed by atoms with Crippen LogP contribution in [-0.4, -0.2) is 30.5 Å². The fraction of sp³-hybridized carbons (Fsp3) is 0.538. The van der Waals surface area contributed by atoms with Crippen LogP contribution < -0.4 is 16.0 Å². The van der Waals surface area contributed by atoms with Gasteiger partial charge in [0.25, 0.3) is 0 Å². The van der Waals surface area contributed by atoms with Crippen molar-refractivity contribution in [2.75, 3.05) is 29.9 Å². The third-order valence-corrected chi connectivity index (χ3v) is 3.91. The van der Waals surface area contributed by atoms with Gasteiger partial charge in [-0.15, -0.1) is 0 Å². The second-order valence-corrected chi connectivity index (χ2v) is 5.70. The molecule has 0 saturated carbocycles. The summed E-state index contributed by atoms with van der Waals surface area (Å²) >= 11 is 12.3. The van der Waals surface area contributed by atoms with Crippen LogP contribution in [0.2, 0.25) is 10.0 Å². The summed E-state index contributed by atoms with van der Waals surface area (Å²) in [7, 11) is 0. The molecule has 1 atom stereocenters. The predicted octanol–water partition coefficient (Wildman–Crippen LogP) is 2.52. The zero-order valence-electron chi connectivity index (χ0n) is 11.3. The number of carbonyl (C=O) groups excluding carboxylic acids is 1. The van der Waals surface area contributed by atoms with Gasteiger partial charge in [0.2, 0.25) is 5.91 Å². The molecule has 1 unspecified atom stereocenters. The van der Waals surface area contributed by atoms with Crippen molar-refractivity contribution in [1.82, 2.24) is 4.98 Å². The zero-order valence-corrected chi connectivity index (χ0v) is 12.8. The van der Waals surface area contributed by atoms with Crippen LogP contribution in [0.25, 0.3) is 0 Å². The number of aromatic nitrogens is 1. The van der Waals surface area contributed by atoms with E-state index in [2.05, 4.69) is 17.2 Å². The molecule has 7 heteroatoms. The Kier molecular flexibility index (Phi) is 4.94. The van der Waals surface area contributed by atoms with E-state index in [1.807, 2.05) is 4.90 Å². The number of amides is 1. The number of rotatable bonds is 5. The van der Waals surface area contributed by atoms with Gasteiger partial charge in [0.05, 0.1) is 16.0 Å². The van der Waals surface area contributed by atoms with Gasteiger partial charge in [0, 0.05) is 19.6 Å². The van der Waals surface area contributed by atoms with E-state index in [4.69, 9.17) is 28.9 Å². The standard InChI is InChI=1S/C13H18Cl2N4O/c1-2-4-17-12-9(14)6-10(15)13(18-12)19-5-3-8(7-19)11(16)20/h6,8H,2-5,7H2,1H3,(H2,16,20)(H,17,18). The molecule has 110 valence electrons. The van der Waals surface area contributed by atoms with Crippen molar-refractivity contribution in [3.63, 3.8) is 0 Å². The molecule has 0 spiro atoms. The first kappa shape index (κ1) is 15.2. The van der Waals surface area contributed by atoms with E-state index in [0.717, 1.165) is 25.9 Å². The summed E-state index contributed by atoms with van der Waals surface area (Å²) in [5, 5.41) is 4.15. The molecule has 0 radical (unpaired) electrons. The van der Waals surface area contributed by atoms with Crippen LogP contribution >= 0.6 is 23.2 Å². The van der Waals surface area contributed by atoms with Gasteiger partial charge in [-0.2, -0.15) is 0 Å². The average Bonchev–Trinajstić information content (AvgIpc) is 2.87. The number of hydrogen-bond acceptors (Lipinski definition) is 4. The number of nitrogens with two attached hydrogens (primary N) is 1. The summed E-state index contributed by atoms with van der Waals surface area (Å²) in [6, 6.07) is 1.68. The molecule has 0 aliphatic carbocycles. The number of anilines is 2. The fourth-order valence-electron chi connectivity index (χ4n) is 2.23. The summed E-state index contributed by atoms with van der Waals surface area (Å²) in [6.07, 6.45) is 1.71. The van der Waals surface area contributed by atoms with Crippen molar-refractivity contribution in [2.45, 2.75) is 19.8 Å². The summed E-state index contributed by atoms with van der Waals surface area (Å²) in [5.41, 5.74) is 5.34. The maximum absolute atomic E-state index is 11.2. The molecular weight excluding hydrogens is 299 g/mol. The molecule has 2 rings (SSSR count). The lowest BCUT2D eigenvalue weighted by molar-refractivity contribution is -0.121. The maximum atomic E-state index is 11.2. The Morgan fingerprint density at radius 2 is 2.30 bits per heavy atom. The molecule has 0 aromatic carbocycles. The Bertz CT molecular complexity index is 509.